The Kier molecular flexibility index (Phi) is 2.59. The number of aromatic nitrogens is 1. The van der Waals surface area contributed by atoms with Crippen LogP contribution in [-0.2, 0) is 12.8 Å². The van der Waals surface area contributed by atoms with Crippen LogP contribution in [0.15, 0.2) is 0 Å². The van der Waals surface area contributed by atoms with Gasteiger partial charge in [-0.15, -0.1) is 0 Å². The monoisotopic (exact) mass is 201 g/mol. The highest BCUT2D eigenvalue weighted by atomic mass is 15.0. The Hall–Kier alpha value is -1.56. The van der Waals surface area contributed by atoms with E-state index in [1.807, 2.05) is 13.8 Å². The van der Waals surface area contributed by atoms with E-state index < -0.39 is 0 Å². The Bertz CT molecular complexity index is 429. The first-order valence-electron chi connectivity index (χ1n) is 5.44. The molecule has 1 heterocycles. The van der Waals surface area contributed by atoms with Gasteiger partial charge in [-0.25, -0.2) is 4.98 Å². The van der Waals surface area contributed by atoms with Crippen LogP contribution >= 0.6 is 0 Å². The van der Waals surface area contributed by atoms with E-state index in [-0.39, 0.29) is 0 Å². The van der Waals surface area contributed by atoms with Crippen molar-refractivity contribution in [2.45, 2.75) is 33.1 Å². The standard InChI is InChI=1S/C12H15N3/c1-3-14-12-10(7-13)8(2)9-5-4-6-11(9)15-12/h3-6H2,1-2H3,(H,14,15). The number of hydrogen-bond donors (Lipinski definition) is 1. The van der Waals surface area contributed by atoms with Crippen LogP contribution in [-0.4, -0.2) is 11.5 Å². The van der Waals surface area contributed by atoms with Crippen LogP contribution in [0.2, 0.25) is 0 Å². The lowest BCUT2D eigenvalue weighted by molar-refractivity contribution is 0.898. The first-order valence-corrected chi connectivity index (χ1v) is 5.44. The fraction of sp³-hybridized carbons (Fsp3) is 0.500. The van der Waals surface area contributed by atoms with Crippen molar-refractivity contribution in [2.75, 3.05) is 11.9 Å². The van der Waals surface area contributed by atoms with Gasteiger partial charge in [0.05, 0.1) is 5.56 Å². The van der Waals surface area contributed by atoms with Crippen LogP contribution < -0.4 is 5.32 Å². The fourth-order valence-corrected chi connectivity index (χ4v) is 2.21. The lowest BCUT2D eigenvalue weighted by Crippen LogP contribution is -2.06. The van der Waals surface area contributed by atoms with E-state index in [1.165, 1.54) is 17.7 Å². The van der Waals surface area contributed by atoms with Gasteiger partial charge in [0.15, 0.2) is 0 Å². The predicted octanol–water partition coefficient (Wildman–Crippen LogP) is 2.18. The van der Waals surface area contributed by atoms with Crippen molar-refractivity contribution in [1.29, 1.82) is 5.26 Å². The Labute approximate surface area is 90.1 Å². The topological polar surface area (TPSA) is 48.7 Å². The predicted molar refractivity (Wildman–Crippen MR) is 59.9 cm³/mol. The van der Waals surface area contributed by atoms with E-state index in [4.69, 9.17) is 5.26 Å². The first kappa shape index (κ1) is 9.97. The summed E-state index contributed by atoms with van der Waals surface area (Å²) in [6.45, 7) is 4.86. The average Bonchev–Trinajstić information content (AvgIpc) is 2.67. The molecule has 0 saturated heterocycles. The van der Waals surface area contributed by atoms with Crippen LogP contribution in [0.4, 0.5) is 5.82 Å². The Morgan fingerprint density at radius 1 is 1.47 bits per heavy atom. The van der Waals surface area contributed by atoms with Gasteiger partial charge >= 0.3 is 0 Å². The molecule has 0 aromatic carbocycles. The third-order valence-corrected chi connectivity index (χ3v) is 2.96. The van der Waals surface area contributed by atoms with E-state index in [0.29, 0.717) is 0 Å². The molecule has 0 saturated carbocycles. The maximum atomic E-state index is 9.13. The van der Waals surface area contributed by atoms with Crippen molar-refractivity contribution >= 4 is 5.82 Å². The normalized spacial score (nSPS) is 13.4. The highest BCUT2D eigenvalue weighted by molar-refractivity contribution is 5.59. The molecule has 0 bridgehead atoms. The second-order valence-corrected chi connectivity index (χ2v) is 3.88. The lowest BCUT2D eigenvalue weighted by atomic mass is 10.0. The largest absolute Gasteiger partial charge is 0.369 e. The maximum absolute atomic E-state index is 9.13. The van der Waals surface area contributed by atoms with Gasteiger partial charge in [0.1, 0.15) is 11.9 Å². The number of rotatable bonds is 2. The van der Waals surface area contributed by atoms with Gasteiger partial charge in [-0.05, 0) is 44.2 Å². The molecule has 78 valence electrons. The zero-order valence-electron chi connectivity index (χ0n) is 9.22. The molecule has 3 nitrogen and oxygen atoms in total. The number of nitriles is 1. The minimum Gasteiger partial charge on any atom is -0.369 e. The first-order chi connectivity index (χ1) is 7.27. The molecule has 0 fully saturated rings. The van der Waals surface area contributed by atoms with Gasteiger partial charge in [0, 0.05) is 12.2 Å². The van der Waals surface area contributed by atoms with Crippen molar-refractivity contribution < 1.29 is 0 Å². The number of hydrogen-bond acceptors (Lipinski definition) is 3. The molecule has 1 N–H and O–H groups in total. The highest BCUT2D eigenvalue weighted by Crippen LogP contribution is 2.29. The summed E-state index contributed by atoms with van der Waals surface area (Å²) >= 11 is 0. The maximum Gasteiger partial charge on any atom is 0.144 e. The summed E-state index contributed by atoms with van der Waals surface area (Å²) < 4.78 is 0. The lowest BCUT2D eigenvalue weighted by Gasteiger charge is -2.11. The van der Waals surface area contributed by atoms with Crippen LogP contribution in [0.5, 0.6) is 0 Å². The molecule has 0 unspecified atom stereocenters. The molecule has 0 radical (unpaired) electrons. The molecular weight excluding hydrogens is 186 g/mol. The van der Waals surface area contributed by atoms with Crippen LogP contribution in [0, 0.1) is 18.3 Å². The molecule has 3 heteroatoms. The highest BCUT2D eigenvalue weighted by Gasteiger charge is 2.19. The zero-order valence-corrected chi connectivity index (χ0v) is 9.22. The number of nitrogens with one attached hydrogen (secondary N) is 1. The summed E-state index contributed by atoms with van der Waals surface area (Å²) in [7, 11) is 0. The Balaban J connectivity index is 2.57. The van der Waals surface area contributed by atoms with Gasteiger partial charge < -0.3 is 5.32 Å². The summed E-state index contributed by atoms with van der Waals surface area (Å²) in [6, 6.07) is 2.25. The molecule has 1 aromatic rings. The van der Waals surface area contributed by atoms with Gasteiger partial charge in [-0.3, -0.25) is 0 Å². The molecule has 1 aromatic heterocycles. The molecular formula is C12H15N3. The fourth-order valence-electron chi connectivity index (χ4n) is 2.21. The van der Waals surface area contributed by atoms with Crippen molar-refractivity contribution in [2.24, 2.45) is 0 Å². The summed E-state index contributed by atoms with van der Waals surface area (Å²) in [5.74, 6) is 0.762. The van der Waals surface area contributed by atoms with Gasteiger partial charge in [0.25, 0.3) is 0 Å². The van der Waals surface area contributed by atoms with Crippen LogP contribution in [0.25, 0.3) is 0 Å². The van der Waals surface area contributed by atoms with Crippen molar-refractivity contribution in [3.63, 3.8) is 0 Å². The zero-order chi connectivity index (χ0) is 10.8. The molecule has 2 rings (SSSR count). The van der Waals surface area contributed by atoms with Crippen LogP contribution in [0.1, 0.15) is 35.7 Å². The van der Waals surface area contributed by atoms with Gasteiger partial charge in [-0.2, -0.15) is 5.26 Å². The van der Waals surface area contributed by atoms with Gasteiger partial charge in [-0.1, -0.05) is 0 Å². The van der Waals surface area contributed by atoms with Crippen molar-refractivity contribution in [3.05, 3.63) is 22.4 Å². The van der Waals surface area contributed by atoms with Gasteiger partial charge in [0.2, 0.25) is 0 Å². The minimum atomic E-state index is 0.720. The number of aryl methyl sites for hydroxylation is 1. The Morgan fingerprint density at radius 3 is 2.93 bits per heavy atom. The van der Waals surface area contributed by atoms with E-state index >= 15 is 0 Å². The molecule has 0 spiro atoms. The van der Waals surface area contributed by atoms with E-state index in [9.17, 15) is 0 Å². The summed E-state index contributed by atoms with van der Waals surface area (Å²) in [6.07, 6.45) is 3.30. The molecule has 0 aliphatic heterocycles. The van der Waals surface area contributed by atoms with E-state index in [0.717, 1.165) is 36.3 Å². The third-order valence-electron chi connectivity index (χ3n) is 2.96. The SMILES string of the molecule is CCNc1nc2c(c(C)c1C#N)CCC2. The van der Waals surface area contributed by atoms with Crippen LogP contribution in [0.3, 0.4) is 0 Å². The third kappa shape index (κ3) is 1.56. The molecule has 15 heavy (non-hydrogen) atoms. The van der Waals surface area contributed by atoms with E-state index in [1.54, 1.807) is 0 Å². The number of anilines is 1. The van der Waals surface area contributed by atoms with Crippen molar-refractivity contribution in [1.82, 2.24) is 4.98 Å². The second kappa shape index (κ2) is 3.90. The second-order valence-electron chi connectivity index (χ2n) is 3.88. The summed E-state index contributed by atoms with van der Waals surface area (Å²) in [5.41, 5.74) is 4.32. The summed E-state index contributed by atoms with van der Waals surface area (Å²) in [4.78, 5) is 4.54. The molecule has 1 aliphatic rings. The Morgan fingerprint density at radius 2 is 2.27 bits per heavy atom. The molecule has 0 atom stereocenters. The summed E-state index contributed by atoms with van der Waals surface area (Å²) in [5, 5.41) is 12.3. The van der Waals surface area contributed by atoms with Crippen molar-refractivity contribution in [3.8, 4) is 6.07 Å². The quantitative estimate of drug-likeness (QED) is 0.797. The average molecular weight is 201 g/mol. The van der Waals surface area contributed by atoms with E-state index in [2.05, 4.69) is 16.4 Å². The number of pyridine rings is 1. The number of fused-ring (bicyclic) bond motifs is 1. The smallest absolute Gasteiger partial charge is 0.144 e. The minimum absolute atomic E-state index is 0.720. The molecule has 0 amide bonds. The molecule has 1 aliphatic carbocycles. The number of nitrogens with zero attached hydrogens (tertiary/aromatic N) is 2.